The van der Waals surface area contributed by atoms with Crippen LogP contribution in [0.1, 0.15) is 15.9 Å². The number of amides is 1. The largest absolute Gasteiger partial charge is 0.358 e. The zero-order chi connectivity index (χ0) is 18.4. The van der Waals surface area contributed by atoms with Crippen molar-refractivity contribution in [3.8, 4) is 0 Å². The SMILES string of the molecule is CN(CCc1ccncc1)c1ccc(NC(=O)c2ccccc2F)nn1. The molecule has 1 aromatic carbocycles. The molecule has 0 aliphatic rings. The molecule has 0 fully saturated rings. The predicted octanol–water partition coefficient (Wildman–Crippen LogP) is 2.94. The highest BCUT2D eigenvalue weighted by atomic mass is 19.1. The third kappa shape index (κ3) is 4.38. The summed E-state index contributed by atoms with van der Waals surface area (Å²) in [7, 11) is 1.92. The van der Waals surface area contributed by atoms with Crippen LogP contribution in [-0.2, 0) is 6.42 Å². The number of hydrogen-bond donors (Lipinski definition) is 1. The quantitative estimate of drug-likeness (QED) is 0.739. The molecule has 0 spiro atoms. The van der Waals surface area contributed by atoms with Crippen LogP contribution in [-0.4, -0.2) is 34.7 Å². The van der Waals surface area contributed by atoms with Crippen molar-refractivity contribution in [3.05, 3.63) is 77.9 Å². The minimum absolute atomic E-state index is 0.0344. The fourth-order valence-electron chi connectivity index (χ4n) is 2.39. The van der Waals surface area contributed by atoms with Gasteiger partial charge in [-0.15, -0.1) is 10.2 Å². The standard InChI is InChI=1S/C19H18FN5O/c1-25(13-10-14-8-11-21-12-9-14)18-7-6-17(23-24-18)22-19(26)15-4-2-3-5-16(15)20/h2-9,11-12H,10,13H2,1H3,(H,22,23,26). The Labute approximate surface area is 150 Å². The fourth-order valence-corrected chi connectivity index (χ4v) is 2.39. The monoisotopic (exact) mass is 351 g/mol. The molecular formula is C19H18FN5O. The first kappa shape index (κ1) is 17.5. The minimum Gasteiger partial charge on any atom is -0.358 e. The van der Waals surface area contributed by atoms with Gasteiger partial charge in [-0.05, 0) is 48.4 Å². The third-order valence-corrected chi connectivity index (χ3v) is 3.89. The number of benzene rings is 1. The Morgan fingerprint density at radius 1 is 1.08 bits per heavy atom. The summed E-state index contributed by atoms with van der Waals surface area (Å²) in [6, 6.07) is 13.1. The van der Waals surface area contributed by atoms with E-state index in [-0.39, 0.29) is 11.4 Å². The Kier molecular flexibility index (Phi) is 5.48. The lowest BCUT2D eigenvalue weighted by Gasteiger charge is -2.17. The van der Waals surface area contributed by atoms with Crippen LogP contribution in [0.5, 0.6) is 0 Å². The van der Waals surface area contributed by atoms with E-state index in [1.807, 2.05) is 24.1 Å². The van der Waals surface area contributed by atoms with Gasteiger partial charge in [0.1, 0.15) is 5.82 Å². The van der Waals surface area contributed by atoms with Gasteiger partial charge >= 0.3 is 0 Å². The summed E-state index contributed by atoms with van der Waals surface area (Å²) in [6.07, 6.45) is 4.39. The van der Waals surface area contributed by atoms with Crippen LogP contribution in [0.2, 0.25) is 0 Å². The van der Waals surface area contributed by atoms with Crippen molar-refractivity contribution >= 4 is 17.5 Å². The van der Waals surface area contributed by atoms with Gasteiger partial charge in [0.25, 0.3) is 5.91 Å². The Morgan fingerprint density at radius 2 is 1.85 bits per heavy atom. The normalized spacial score (nSPS) is 10.4. The maximum atomic E-state index is 13.6. The number of likely N-dealkylation sites (N-methyl/N-ethyl adjacent to an activating group) is 1. The van der Waals surface area contributed by atoms with Gasteiger partial charge in [0.05, 0.1) is 5.56 Å². The number of halogens is 1. The van der Waals surface area contributed by atoms with Crippen molar-refractivity contribution in [1.82, 2.24) is 15.2 Å². The first-order valence-corrected chi connectivity index (χ1v) is 8.13. The lowest BCUT2D eigenvalue weighted by atomic mass is 10.2. The number of hydrogen-bond acceptors (Lipinski definition) is 5. The summed E-state index contributed by atoms with van der Waals surface area (Å²) >= 11 is 0. The van der Waals surface area contributed by atoms with Crippen molar-refractivity contribution < 1.29 is 9.18 Å². The van der Waals surface area contributed by atoms with Crippen molar-refractivity contribution in [3.63, 3.8) is 0 Å². The molecule has 2 heterocycles. The highest BCUT2D eigenvalue weighted by Crippen LogP contribution is 2.13. The summed E-state index contributed by atoms with van der Waals surface area (Å²) in [5.74, 6) is -0.186. The first-order chi connectivity index (χ1) is 12.6. The number of pyridine rings is 1. The second kappa shape index (κ2) is 8.15. The number of nitrogens with one attached hydrogen (secondary N) is 1. The van der Waals surface area contributed by atoms with Gasteiger partial charge in [0.2, 0.25) is 0 Å². The molecule has 0 unspecified atom stereocenters. The molecule has 0 atom stereocenters. The van der Waals surface area contributed by atoms with Crippen LogP contribution in [0.15, 0.2) is 60.9 Å². The minimum atomic E-state index is -0.578. The zero-order valence-corrected chi connectivity index (χ0v) is 14.3. The van der Waals surface area contributed by atoms with Crippen LogP contribution in [0.25, 0.3) is 0 Å². The molecular weight excluding hydrogens is 333 g/mol. The second-order valence-corrected chi connectivity index (χ2v) is 5.74. The highest BCUT2D eigenvalue weighted by molar-refractivity contribution is 6.03. The lowest BCUT2D eigenvalue weighted by Crippen LogP contribution is -2.22. The smallest absolute Gasteiger partial charge is 0.259 e. The molecule has 0 bridgehead atoms. The van der Waals surface area contributed by atoms with E-state index in [1.54, 1.807) is 30.6 Å². The topological polar surface area (TPSA) is 71.0 Å². The van der Waals surface area contributed by atoms with Gasteiger partial charge in [-0.2, -0.15) is 0 Å². The molecule has 0 radical (unpaired) electrons. The van der Waals surface area contributed by atoms with Gasteiger partial charge < -0.3 is 10.2 Å². The number of anilines is 2. The summed E-state index contributed by atoms with van der Waals surface area (Å²) in [5, 5.41) is 10.7. The maximum Gasteiger partial charge on any atom is 0.259 e. The highest BCUT2D eigenvalue weighted by Gasteiger charge is 2.12. The van der Waals surface area contributed by atoms with Crippen LogP contribution in [0, 0.1) is 5.82 Å². The van der Waals surface area contributed by atoms with Gasteiger partial charge in [-0.3, -0.25) is 9.78 Å². The molecule has 3 rings (SSSR count). The average Bonchev–Trinajstić information content (AvgIpc) is 2.68. The van der Waals surface area contributed by atoms with Crippen LogP contribution in [0.4, 0.5) is 16.0 Å². The van der Waals surface area contributed by atoms with Crippen LogP contribution >= 0.6 is 0 Å². The average molecular weight is 351 g/mol. The summed E-state index contributed by atoms with van der Waals surface area (Å²) in [4.78, 5) is 18.0. The number of aromatic nitrogens is 3. The molecule has 1 N–H and O–H groups in total. The molecule has 0 saturated heterocycles. The van der Waals surface area contributed by atoms with Crippen LogP contribution < -0.4 is 10.2 Å². The molecule has 7 heteroatoms. The summed E-state index contributed by atoms with van der Waals surface area (Å²) in [5.41, 5.74) is 1.15. The van der Waals surface area contributed by atoms with Gasteiger partial charge in [-0.25, -0.2) is 4.39 Å². The number of rotatable bonds is 6. The summed E-state index contributed by atoms with van der Waals surface area (Å²) < 4.78 is 13.6. The van der Waals surface area contributed by atoms with Crippen molar-refractivity contribution in [2.75, 3.05) is 23.8 Å². The molecule has 0 saturated carbocycles. The number of carbonyl (C=O) groups excluding carboxylic acids is 1. The van der Waals surface area contributed by atoms with Crippen LogP contribution in [0.3, 0.4) is 0 Å². The van der Waals surface area contributed by atoms with E-state index in [0.717, 1.165) is 13.0 Å². The predicted molar refractivity (Wildman–Crippen MR) is 97.6 cm³/mol. The van der Waals surface area contributed by atoms with E-state index >= 15 is 0 Å². The third-order valence-electron chi connectivity index (χ3n) is 3.89. The summed E-state index contributed by atoms with van der Waals surface area (Å²) in [6.45, 7) is 0.764. The van der Waals surface area contributed by atoms with Crippen molar-refractivity contribution in [1.29, 1.82) is 0 Å². The van der Waals surface area contributed by atoms with E-state index in [0.29, 0.717) is 5.82 Å². The van der Waals surface area contributed by atoms with Crippen molar-refractivity contribution in [2.24, 2.45) is 0 Å². The molecule has 0 aliphatic heterocycles. The van der Waals surface area contributed by atoms with E-state index in [1.165, 1.54) is 23.8 Å². The fraction of sp³-hybridized carbons (Fsp3) is 0.158. The van der Waals surface area contributed by atoms with Gasteiger partial charge in [0.15, 0.2) is 11.6 Å². The molecule has 26 heavy (non-hydrogen) atoms. The lowest BCUT2D eigenvalue weighted by molar-refractivity contribution is 0.102. The number of nitrogens with zero attached hydrogens (tertiary/aromatic N) is 4. The molecule has 2 aromatic heterocycles. The molecule has 3 aromatic rings. The van der Waals surface area contributed by atoms with E-state index in [4.69, 9.17) is 0 Å². The van der Waals surface area contributed by atoms with Gasteiger partial charge in [-0.1, -0.05) is 12.1 Å². The number of carbonyl (C=O) groups is 1. The Morgan fingerprint density at radius 3 is 2.54 bits per heavy atom. The molecule has 6 nitrogen and oxygen atoms in total. The van der Waals surface area contributed by atoms with E-state index in [2.05, 4.69) is 20.5 Å². The first-order valence-electron chi connectivity index (χ1n) is 8.13. The maximum absolute atomic E-state index is 13.6. The Balaban J connectivity index is 1.59. The van der Waals surface area contributed by atoms with Gasteiger partial charge in [0, 0.05) is 26.0 Å². The van der Waals surface area contributed by atoms with E-state index < -0.39 is 11.7 Å². The Hall–Kier alpha value is -3.35. The molecule has 1 amide bonds. The zero-order valence-electron chi connectivity index (χ0n) is 14.3. The van der Waals surface area contributed by atoms with Crippen molar-refractivity contribution in [2.45, 2.75) is 6.42 Å². The van der Waals surface area contributed by atoms with E-state index in [9.17, 15) is 9.18 Å². The molecule has 132 valence electrons. The second-order valence-electron chi connectivity index (χ2n) is 5.74. The Bertz CT molecular complexity index is 871. The molecule has 0 aliphatic carbocycles.